The van der Waals surface area contributed by atoms with Crippen molar-refractivity contribution in [1.82, 2.24) is 10.0 Å². The first kappa shape index (κ1) is 18.1. The Labute approximate surface area is 136 Å². The van der Waals surface area contributed by atoms with E-state index in [-0.39, 0.29) is 11.4 Å². The van der Waals surface area contributed by atoms with Crippen LogP contribution in [0, 0.1) is 6.92 Å². The van der Waals surface area contributed by atoms with Crippen molar-refractivity contribution in [1.29, 1.82) is 0 Å². The van der Waals surface area contributed by atoms with Gasteiger partial charge in [0.1, 0.15) is 0 Å². The van der Waals surface area contributed by atoms with Crippen LogP contribution >= 0.6 is 31.9 Å². The lowest BCUT2D eigenvalue weighted by atomic mass is 10.2. The molecule has 0 amide bonds. The zero-order chi connectivity index (χ0) is 15.3. The molecule has 0 bridgehead atoms. The molecule has 0 aliphatic rings. The third-order valence-electron chi connectivity index (χ3n) is 2.54. The number of benzene rings is 1. The summed E-state index contributed by atoms with van der Waals surface area (Å²) in [6, 6.07) is 3.33. The Bertz CT molecular complexity index is 562. The molecular weight excluding hydrogens is 412 g/mol. The molecule has 114 valence electrons. The molecule has 1 rings (SSSR count). The molecule has 5 nitrogen and oxygen atoms in total. The highest BCUT2D eigenvalue weighted by Crippen LogP contribution is 2.28. The van der Waals surface area contributed by atoms with E-state index < -0.39 is 16.1 Å². The van der Waals surface area contributed by atoms with E-state index in [4.69, 9.17) is 5.11 Å². The van der Waals surface area contributed by atoms with Crippen LogP contribution in [0.4, 0.5) is 0 Å². The molecule has 0 spiro atoms. The molecule has 0 saturated heterocycles. The predicted octanol–water partition coefficient (Wildman–Crippen LogP) is 1.77. The maximum atomic E-state index is 12.2. The molecule has 0 aliphatic carbocycles. The smallest absolute Gasteiger partial charge is 0.241 e. The molecule has 0 saturated carbocycles. The van der Waals surface area contributed by atoms with Gasteiger partial charge in [-0.25, -0.2) is 13.1 Å². The summed E-state index contributed by atoms with van der Waals surface area (Å²) in [4.78, 5) is 0.200. The Morgan fingerprint density at radius 1 is 1.25 bits per heavy atom. The van der Waals surface area contributed by atoms with E-state index in [1.807, 2.05) is 6.92 Å². The van der Waals surface area contributed by atoms with Crippen LogP contribution in [0.2, 0.25) is 0 Å². The van der Waals surface area contributed by atoms with Gasteiger partial charge in [0.05, 0.1) is 11.0 Å². The summed E-state index contributed by atoms with van der Waals surface area (Å²) in [5, 5.41) is 12.0. The van der Waals surface area contributed by atoms with E-state index in [1.165, 1.54) is 0 Å². The number of aliphatic hydroxyl groups is 1. The quantitative estimate of drug-likeness (QED) is 0.577. The second-order valence-electron chi connectivity index (χ2n) is 4.48. The zero-order valence-electron chi connectivity index (χ0n) is 11.3. The highest BCUT2D eigenvalue weighted by atomic mass is 79.9. The van der Waals surface area contributed by atoms with Gasteiger partial charge in [0.15, 0.2) is 0 Å². The molecular formula is C12H18Br2N2O3S. The first-order valence-electron chi connectivity index (χ1n) is 6.08. The lowest BCUT2D eigenvalue weighted by Gasteiger charge is -2.11. The predicted molar refractivity (Wildman–Crippen MR) is 86.3 cm³/mol. The van der Waals surface area contributed by atoms with Crippen molar-refractivity contribution in [2.24, 2.45) is 0 Å². The molecule has 3 N–H and O–H groups in total. The second-order valence-corrected chi connectivity index (χ2v) is 7.93. The van der Waals surface area contributed by atoms with Crippen molar-refractivity contribution < 1.29 is 13.5 Å². The number of hydrogen-bond donors (Lipinski definition) is 3. The molecule has 20 heavy (non-hydrogen) atoms. The van der Waals surface area contributed by atoms with Crippen LogP contribution in [0.15, 0.2) is 26.0 Å². The van der Waals surface area contributed by atoms with Gasteiger partial charge < -0.3 is 10.4 Å². The molecule has 0 fully saturated rings. The van der Waals surface area contributed by atoms with Gasteiger partial charge in [-0.1, -0.05) is 15.9 Å². The van der Waals surface area contributed by atoms with Gasteiger partial charge in [-0.15, -0.1) is 0 Å². The molecule has 0 heterocycles. The Hall–Kier alpha value is 0.01000. The normalized spacial score (nSPS) is 13.4. The fourth-order valence-electron chi connectivity index (χ4n) is 1.50. The summed E-state index contributed by atoms with van der Waals surface area (Å²) in [5.41, 5.74) is 0.953. The van der Waals surface area contributed by atoms with Gasteiger partial charge in [-0.3, -0.25) is 0 Å². The monoisotopic (exact) mass is 428 g/mol. The molecule has 0 radical (unpaired) electrons. The SMILES string of the molecule is Cc1cc(Br)c(S(=O)(=O)NCCNCC(C)O)cc1Br. The largest absolute Gasteiger partial charge is 0.392 e. The molecule has 8 heteroatoms. The lowest BCUT2D eigenvalue weighted by molar-refractivity contribution is 0.192. The van der Waals surface area contributed by atoms with Gasteiger partial charge in [0.25, 0.3) is 0 Å². The number of nitrogens with one attached hydrogen (secondary N) is 2. The minimum absolute atomic E-state index is 0.200. The van der Waals surface area contributed by atoms with Gasteiger partial charge in [-0.05, 0) is 47.5 Å². The fourth-order valence-corrected chi connectivity index (χ4v) is 4.20. The van der Waals surface area contributed by atoms with Crippen molar-refractivity contribution in [3.8, 4) is 0 Å². The van der Waals surface area contributed by atoms with Gasteiger partial charge in [0.2, 0.25) is 10.0 Å². The van der Waals surface area contributed by atoms with Crippen LogP contribution in [0.5, 0.6) is 0 Å². The van der Waals surface area contributed by atoms with Gasteiger partial charge in [0, 0.05) is 28.6 Å². The zero-order valence-corrected chi connectivity index (χ0v) is 15.3. The molecule has 1 aromatic carbocycles. The summed E-state index contributed by atoms with van der Waals surface area (Å²) in [5.74, 6) is 0. The minimum atomic E-state index is -3.56. The summed E-state index contributed by atoms with van der Waals surface area (Å²) < 4.78 is 28.1. The van der Waals surface area contributed by atoms with Crippen molar-refractivity contribution in [2.75, 3.05) is 19.6 Å². The van der Waals surface area contributed by atoms with Crippen LogP contribution in [0.25, 0.3) is 0 Å². The highest BCUT2D eigenvalue weighted by Gasteiger charge is 2.18. The van der Waals surface area contributed by atoms with Crippen LogP contribution in [-0.2, 0) is 10.0 Å². The average Bonchev–Trinajstić information content (AvgIpc) is 2.32. The number of aryl methyl sites for hydroxylation is 1. The lowest BCUT2D eigenvalue weighted by Crippen LogP contribution is -2.34. The molecule has 0 aromatic heterocycles. The first-order valence-corrected chi connectivity index (χ1v) is 9.15. The third-order valence-corrected chi connectivity index (χ3v) is 5.81. The number of rotatable bonds is 7. The van der Waals surface area contributed by atoms with E-state index in [2.05, 4.69) is 41.9 Å². The first-order chi connectivity index (χ1) is 9.24. The number of aliphatic hydroxyl groups excluding tert-OH is 1. The Balaban J connectivity index is 2.68. The number of sulfonamides is 1. The molecule has 1 unspecified atom stereocenters. The summed E-state index contributed by atoms with van der Waals surface area (Å²) in [6.07, 6.45) is -0.450. The number of halogens is 2. The third kappa shape index (κ3) is 5.42. The van der Waals surface area contributed by atoms with E-state index in [9.17, 15) is 8.42 Å². The second kappa shape index (κ2) is 7.86. The molecule has 1 atom stereocenters. The van der Waals surface area contributed by atoms with E-state index in [0.717, 1.165) is 10.0 Å². The van der Waals surface area contributed by atoms with Gasteiger partial charge in [-0.2, -0.15) is 0 Å². The van der Waals surface area contributed by atoms with Crippen molar-refractivity contribution in [3.05, 3.63) is 26.6 Å². The standard InChI is InChI=1S/C12H18Br2N2O3S/c1-8-5-11(14)12(6-10(8)13)20(18,19)16-4-3-15-7-9(2)17/h5-6,9,15-17H,3-4,7H2,1-2H3. The molecule has 1 aromatic rings. The van der Waals surface area contributed by atoms with E-state index in [0.29, 0.717) is 17.6 Å². The van der Waals surface area contributed by atoms with E-state index in [1.54, 1.807) is 19.1 Å². The van der Waals surface area contributed by atoms with Crippen LogP contribution in [0.3, 0.4) is 0 Å². The van der Waals surface area contributed by atoms with Crippen molar-refractivity contribution in [2.45, 2.75) is 24.8 Å². The average molecular weight is 430 g/mol. The Morgan fingerprint density at radius 3 is 2.50 bits per heavy atom. The highest BCUT2D eigenvalue weighted by molar-refractivity contribution is 9.11. The fraction of sp³-hybridized carbons (Fsp3) is 0.500. The Kier molecular flexibility index (Phi) is 7.10. The van der Waals surface area contributed by atoms with Gasteiger partial charge >= 0.3 is 0 Å². The summed E-state index contributed by atoms with van der Waals surface area (Å²) >= 11 is 6.60. The minimum Gasteiger partial charge on any atom is -0.392 e. The van der Waals surface area contributed by atoms with Crippen LogP contribution < -0.4 is 10.0 Å². The summed E-state index contributed by atoms with van der Waals surface area (Å²) in [7, 11) is -3.56. The maximum Gasteiger partial charge on any atom is 0.241 e. The van der Waals surface area contributed by atoms with Crippen molar-refractivity contribution >= 4 is 41.9 Å². The van der Waals surface area contributed by atoms with E-state index >= 15 is 0 Å². The number of hydrogen-bond acceptors (Lipinski definition) is 4. The summed E-state index contributed by atoms with van der Waals surface area (Å²) in [6.45, 7) is 4.69. The molecule has 0 aliphatic heterocycles. The Morgan fingerprint density at radius 2 is 1.90 bits per heavy atom. The van der Waals surface area contributed by atoms with Crippen LogP contribution in [-0.4, -0.2) is 39.3 Å². The van der Waals surface area contributed by atoms with Crippen molar-refractivity contribution in [3.63, 3.8) is 0 Å². The topological polar surface area (TPSA) is 78.4 Å². The maximum absolute atomic E-state index is 12.2. The van der Waals surface area contributed by atoms with Crippen LogP contribution in [0.1, 0.15) is 12.5 Å².